The van der Waals surface area contributed by atoms with Crippen LogP contribution in [0, 0.1) is 5.92 Å². The second kappa shape index (κ2) is 8.19. The second-order valence-electron chi connectivity index (χ2n) is 8.55. The predicted molar refractivity (Wildman–Crippen MR) is 102 cm³/mol. The van der Waals surface area contributed by atoms with Crippen LogP contribution in [-0.2, 0) is 16.1 Å². The highest BCUT2D eigenvalue weighted by molar-refractivity contribution is 5.70. The standard InChI is InChI=1S/C21H30N2O4/c1-21(2,3)27-20(25)23-17-9-10-18(23)12-16(11-17)13-22-19(24)26-14-15-7-5-4-6-8-15/h4-8,16-18H,9-14H2,1-3H3,(H,22,24). The molecule has 0 aliphatic carbocycles. The van der Waals surface area contributed by atoms with Gasteiger partial charge in [0.1, 0.15) is 12.2 Å². The minimum atomic E-state index is -0.475. The van der Waals surface area contributed by atoms with Crippen LogP contribution < -0.4 is 5.32 Å². The quantitative estimate of drug-likeness (QED) is 0.862. The number of ether oxygens (including phenoxy) is 2. The molecule has 148 valence electrons. The molecule has 0 radical (unpaired) electrons. The molecule has 2 heterocycles. The summed E-state index contributed by atoms with van der Waals surface area (Å²) in [7, 11) is 0. The monoisotopic (exact) mass is 374 g/mol. The molecular formula is C21H30N2O4. The van der Waals surface area contributed by atoms with Crippen LogP contribution in [0.2, 0.25) is 0 Å². The Morgan fingerprint density at radius 2 is 1.74 bits per heavy atom. The van der Waals surface area contributed by atoms with Gasteiger partial charge in [0.05, 0.1) is 0 Å². The molecule has 2 saturated heterocycles. The van der Waals surface area contributed by atoms with Gasteiger partial charge in [0, 0.05) is 18.6 Å². The van der Waals surface area contributed by atoms with Gasteiger partial charge in [-0.3, -0.25) is 0 Å². The fourth-order valence-corrected chi connectivity index (χ4v) is 4.07. The van der Waals surface area contributed by atoms with Crippen molar-refractivity contribution in [2.75, 3.05) is 6.54 Å². The Bertz CT molecular complexity index is 642. The molecule has 2 bridgehead atoms. The average molecular weight is 374 g/mol. The van der Waals surface area contributed by atoms with Crippen LogP contribution in [0.1, 0.15) is 52.0 Å². The number of amides is 2. The molecule has 2 fully saturated rings. The molecule has 6 nitrogen and oxygen atoms in total. The molecule has 27 heavy (non-hydrogen) atoms. The smallest absolute Gasteiger partial charge is 0.410 e. The predicted octanol–water partition coefficient (Wildman–Crippen LogP) is 4.09. The summed E-state index contributed by atoms with van der Waals surface area (Å²) in [6.45, 7) is 6.54. The zero-order valence-electron chi connectivity index (χ0n) is 16.4. The lowest BCUT2D eigenvalue weighted by molar-refractivity contribution is 0.00204. The number of carbonyl (C=O) groups excluding carboxylic acids is 2. The summed E-state index contributed by atoms with van der Waals surface area (Å²) in [5.41, 5.74) is 0.494. The van der Waals surface area contributed by atoms with Crippen molar-refractivity contribution in [2.24, 2.45) is 5.92 Å². The summed E-state index contributed by atoms with van der Waals surface area (Å²) < 4.78 is 10.8. The van der Waals surface area contributed by atoms with Crippen molar-refractivity contribution in [3.05, 3.63) is 35.9 Å². The maximum atomic E-state index is 12.5. The van der Waals surface area contributed by atoms with E-state index < -0.39 is 5.60 Å². The first-order valence-corrected chi connectivity index (χ1v) is 9.77. The number of hydrogen-bond donors (Lipinski definition) is 1. The van der Waals surface area contributed by atoms with Crippen LogP contribution >= 0.6 is 0 Å². The Labute approximate surface area is 161 Å². The molecular weight excluding hydrogens is 344 g/mol. The van der Waals surface area contributed by atoms with Gasteiger partial charge < -0.3 is 19.7 Å². The molecule has 2 amide bonds. The highest BCUT2D eigenvalue weighted by Crippen LogP contribution is 2.39. The van der Waals surface area contributed by atoms with Gasteiger partial charge in [-0.15, -0.1) is 0 Å². The van der Waals surface area contributed by atoms with E-state index in [1.807, 2.05) is 56.0 Å². The van der Waals surface area contributed by atoms with Crippen molar-refractivity contribution >= 4 is 12.2 Å². The van der Waals surface area contributed by atoms with Crippen LogP contribution in [0.3, 0.4) is 0 Å². The maximum Gasteiger partial charge on any atom is 0.410 e. The molecule has 2 atom stereocenters. The lowest BCUT2D eigenvalue weighted by Crippen LogP contribution is -2.50. The highest BCUT2D eigenvalue weighted by Gasteiger charge is 2.44. The van der Waals surface area contributed by atoms with Crippen LogP contribution in [0.15, 0.2) is 30.3 Å². The molecule has 0 aromatic heterocycles. The summed E-state index contributed by atoms with van der Waals surface area (Å²) in [4.78, 5) is 26.4. The van der Waals surface area contributed by atoms with E-state index in [4.69, 9.17) is 9.47 Å². The van der Waals surface area contributed by atoms with Crippen LogP contribution in [0.4, 0.5) is 9.59 Å². The van der Waals surface area contributed by atoms with Gasteiger partial charge in [0.15, 0.2) is 0 Å². The van der Waals surface area contributed by atoms with E-state index in [9.17, 15) is 9.59 Å². The fourth-order valence-electron chi connectivity index (χ4n) is 4.07. The molecule has 1 N–H and O–H groups in total. The molecule has 0 spiro atoms. The number of fused-ring (bicyclic) bond motifs is 2. The average Bonchev–Trinajstić information content (AvgIpc) is 2.88. The van der Waals surface area contributed by atoms with E-state index in [0.29, 0.717) is 12.5 Å². The van der Waals surface area contributed by atoms with Gasteiger partial charge in [-0.1, -0.05) is 30.3 Å². The Kier molecular flexibility index (Phi) is 5.92. The van der Waals surface area contributed by atoms with Gasteiger partial charge >= 0.3 is 12.2 Å². The molecule has 1 aromatic carbocycles. The third-order valence-electron chi connectivity index (χ3n) is 5.18. The minimum Gasteiger partial charge on any atom is -0.445 e. The van der Waals surface area contributed by atoms with Crippen molar-refractivity contribution in [1.82, 2.24) is 10.2 Å². The number of rotatable bonds is 4. The van der Waals surface area contributed by atoms with Gasteiger partial charge in [-0.05, 0) is 57.9 Å². The first-order valence-electron chi connectivity index (χ1n) is 9.77. The van der Waals surface area contributed by atoms with Gasteiger partial charge in [-0.25, -0.2) is 9.59 Å². The number of nitrogens with zero attached hydrogens (tertiary/aromatic N) is 1. The summed E-state index contributed by atoms with van der Waals surface area (Å²) in [6, 6.07) is 10.1. The van der Waals surface area contributed by atoms with E-state index in [2.05, 4.69) is 5.32 Å². The molecule has 2 aliphatic rings. The van der Waals surface area contributed by atoms with E-state index in [1.54, 1.807) is 0 Å². The number of carbonyl (C=O) groups is 2. The Morgan fingerprint density at radius 3 is 2.33 bits per heavy atom. The first-order chi connectivity index (χ1) is 12.8. The van der Waals surface area contributed by atoms with Crippen molar-refractivity contribution in [3.8, 4) is 0 Å². The Balaban J connectivity index is 1.43. The van der Waals surface area contributed by atoms with Gasteiger partial charge in [-0.2, -0.15) is 0 Å². The molecule has 3 rings (SSSR count). The Morgan fingerprint density at radius 1 is 1.11 bits per heavy atom. The number of piperidine rings is 1. The SMILES string of the molecule is CC(C)(C)OC(=O)N1C2CCC1CC(CNC(=O)OCc1ccccc1)C2. The normalized spacial score (nSPS) is 24.4. The topological polar surface area (TPSA) is 67.9 Å². The largest absolute Gasteiger partial charge is 0.445 e. The summed E-state index contributed by atoms with van der Waals surface area (Å²) in [6.07, 6.45) is 3.23. The molecule has 0 saturated carbocycles. The molecule has 1 aromatic rings. The summed E-state index contributed by atoms with van der Waals surface area (Å²) >= 11 is 0. The van der Waals surface area contributed by atoms with E-state index in [1.165, 1.54) is 0 Å². The molecule has 2 aliphatic heterocycles. The van der Waals surface area contributed by atoms with Gasteiger partial charge in [0.25, 0.3) is 0 Å². The fraction of sp³-hybridized carbons (Fsp3) is 0.619. The van der Waals surface area contributed by atoms with Crippen molar-refractivity contribution in [1.29, 1.82) is 0 Å². The van der Waals surface area contributed by atoms with Crippen molar-refractivity contribution in [2.45, 2.75) is 70.7 Å². The van der Waals surface area contributed by atoms with Crippen molar-refractivity contribution in [3.63, 3.8) is 0 Å². The zero-order chi connectivity index (χ0) is 19.4. The Hall–Kier alpha value is -2.24. The lowest BCUT2D eigenvalue weighted by atomic mass is 9.91. The van der Waals surface area contributed by atoms with Crippen LogP contribution in [-0.4, -0.2) is 41.3 Å². The van der Waals surface area contributed by atoms with Crippen LogP contribution in [0.25, 0.3) is 0 Å². The highest BCUT2D eigenvalue weighted by atomic mass is 16.6. The molecule has 2 unspecified atom stereocenters. The van der Waals surface area contributed by atoms with Crippen LogP contribution in [0.5, 0.6) is 0 Å². The third-order valence-corrected chi connectivity index (χ3v) is 5.18. The van der Waals surface area contributed by atoms with Crippen molar-refractivity contribution < 1.29 is 19.1 Å². The van der Waals surface area contributed by atoms with E-state index in [-0.39, 0.29) is 30.9 Å². The van der Waals surface area contributed by atoms with E-state index >= 15 is 0 Å². The van der Waals surface area contributed by atoms with Gasteiger partial charge in [0.2, 0.25) is 0 Å². The number of nitrogens with one attached hydrogen (secondary N) is 1. The minimum absolute atomic E-state index is 0.205. The molecule has 6 heteroatoms. The summed E-state index contributed by atoms with van der Waals surface area (Å²) in [5.74, 6) is 0.366. The number of alkyl carbamates (subject to hydrolysis) is 1. The summed E-state index contributed by atoms with van der Waals surface area (Å²) in [5, 5.41) is 2.88. The lowest BCUT2D eigenvalue weighted by Gasteiger charge is -2.39. The number of benzene rings is 1. The third kappa shape index (κ3) is 5.37. The van der Waals surface area contributed by atoms with E-state index in [0.717, 1.165) is 31.2 Å². The second-order valence-corrected chi connectivity index (χ2v) is 8.55. The maximum absolute atomic E-state index is 12.5. The zero-order valence-corrected chi connectivity index (χ0v) is 16.4. The first kappa shape index (κ1) is 19.5. The number of hydrogen-bond acceptors (Lipinski definition) is 4.